The predicted molar refractivity (Wildman–Crippen MR) is 121 cm³/mol. The Bertz CT molecular complexity index is 1200. The molecule has 1 fully saturated rings. The number of sulfonamides is 1. The number of morpholine rings is 1. The summed E-state index contributed by atoms with van der Waals surface area (Å²) in [5.41, 5.74) is 4.95. The number of anilines is 1. The highest BCUT2D eigenvalue weighted by Gasteiger charge is 2.27. The fourth-order valence-electron chi connectivity index (χ4n) is 4.09. The molecular weight excluding hydrogens is 428 g/mol. The molecule has 0 amide bonds. The van der Waals surface area contributed by atoms with Crippen molar-refractivity contribution in [3.8, 4) is 11.8 Å². The summed E-state index contributed by atoms with van der Waals surface area (Å²) in [6, 6.07) is 9.18. The fraction of sp³-hybridized carbons (Fsp3) is 0.391. The van der Waals surface area contributed by atoms with Crippen molar-refractivity contribution in [1.29, 1.82) is 5.26 Å². The Balaban J connectivity index is 1.64. The fourth-order valence-corrected chi connectivity index (χ4v) is 5.51. The number of hydrogen-bond donors (Lipinski definition) is 1. The summed E-state index contributed by atoms with van der Waals surface area (Å²) in [4.78, 5) is 4.98. The second-order valence-corrected chi connectivity index (χ2v) is 9.55. The van der Waals surface area contributed by atoms with Crippen LogP contribution in [0.3, 0.4) is 0 Å². The number of allylic oxidation sites excluding steroid dienone is 2. The molecule has 168 valence electrons. The van der Waals surface area contributed by atoms with E-state index in [0.717, 1.165) is 34.7 Å². The van der Waals surface area contributed by atoms with Gasteiger partial charge in [-0.1, -0.05) is 12.1 Å². The summed E-state index contributed by atoms with van der Waals surface area (Å²) in [5.74, 6) is 0.502. The summed E-state index contributed by atoms with van der Waals surface area (Å²) < 4.78 is 38.2. The lowest BCUT2D eigenvalue weighted by atomic mass is 10.0. The van der Waals surface area contributed by atoms with Crippen molar-refractivity contribution < 1.29 is 17.9 Å². The van der Waals surface area contributed by atoms with E-state index in [1.165, 1.54) is 11.4 Å². The van der Waals surface area contributed by atoms with E-state index in [1.54, 1.807) is 18.2 Å². The molecule has 0 spiro atoms. The number of nitrogens with zero attached hydrogens (tertiary/aromatic N) is 3. The van der Waals surface area contributed by atoms with Crippen LogP contribution in [0.15, 0.2) is 35.2 Å². The van der Waals surface area contributed by atoms with Gasteiger partial charge in [0.15, 0.2) is 0 Å². The zero-order valence-corrected chi connectivity index (χ0v) is 19.0. The van der Waals surface area contributed by atoms with E-state index in [-0.39, 0.29) is 4.90 Å². The molecule has 1 aromatic carbocycles. The summed E-state index contributed by atoms with van der Waals surface area (Å²) in [5, 5.41) is 12.7. The van der Waals surface area contributed by atoms with E-state index in [9.17, 15) is 13.7 Å². The SMILES string of the molecule is CCNc1cc(Cc2ccc(S(=O)(=O)N3CCOCC3)cc2OC)nc2c1C(C#N)=CC2. The van der Waals surface area contributed by atoms with Gasteiger partial charge in [0.2, 0.25) is 10.0 Å². The van der Waals surface area contributed by atoms with E-state index < -0.39 is 10.0 Å². The molecule has 4 rings (SSSR count). The number of ether oxygens (including phenoxy) is 2. The maximum Gasteiger partial charge on any atom is 0.243 e. The van der Waals surface area contributed by atoms with Gasteiger partial charge >= 0.3 is 0 Å². The third-order valence-electron chi connectivity index (χ3n) is 5.64. The third kappa shape index (κ3) is 4.21. The van der Waals surface area contributed by atoms with Crippen molar-refractivity contribution in [3.05, 3.63) is 52.9 Å². The van der Waals surface area contributed by atoms with Crippen molar-refractivity contribution in [2.75, 3.05) is 45.3 Å². The van der Waals surface area contributed by atoms with Crippen molar-refractivity contribution in [3.63, 3.8) is 0 Å². The molecule has 1 N–H and O–H groups in total. The first-order chi connectivity index (χ1) is 15.5. The summed E-state index contributed by atoms with van der Waals surface area (Å²) in [6.07, 6.45) is 3.00. The van der Waals surface area contributed by atoms with Gasteiger partial charge in [-0.3, -0.25) is 4.98 Å². The second kappa shape index (κ2) is 9.28. The lowest BCUT2D eigenvalue weighted by Crippen LogP contribution is -2.40. The average Bonchev–Trinajstić information content (AvgIpc) is 3.23. The number of benzene rings is 1. The Kier molecular flexibility index (Phi) is 6.46. The molecule has 2 heterocycles. The van der Waals surface area contributed by atoms with Crippen LogP contribution in [0.25, 0.3) is 5.57 Å². The first kappa shape index (κ1) is 22.3. The number of nitrogens with one attached hydrogen (secondary N) is 1. The van der Waals surface area contributed by atoms with Crippen LogP contribution in [0, 0.1) is 11.3 Å². The molecule has 0 bridgehead atoms. The molecule has 0 unspecified atom stereocenters. The van der Waals surface area contributed by atoms with Crippen LogP contribution in [0.4, 0.5) is 5.69 Å². The Morgan fingerprint density at radius 2 is 2.06 bits per heavy atom. The molecule has 1 saturated heterocycles. The van der Waals surface area contributed by atoms with Gasteiger partial charge in [0.25, 0.3) is 0 Å². The molecule has 1 aliphatic carbocycles. The molecule has 0 radical (unpaired) electrons. The molecule has 1 aliphatic heterocycles. The highest BCUT2D eigenvalue weighted by atomic mass is 32.2. The van der Waals surface area contributed by atoms with E-state index in [1.807, 2.05) is 19.1 Å². The minimum atomic E-state index is -3.61. The summed E-state index contributed by atoms with van der Waals surface area (Å²) in [7, 11) is -2.07. The topological polar surface area (TPSA) is 105 Å². The van der Waals surface area contributed by atoms with Crippen LogP contribution in [-0.2, 0) is 27.6 Å². The molecule has 2 aromatic rings. The molecule has 0 saturated carbocycles. The van der Waals surface area contributed by atoms with Gasteiger partial charge in [-0.25, -0.2) is 8.42 Å². The quantitative estimate of drug-likeness (QED) is 0.686. The molecule has 1 aromatic heterocycles. The van der Waals surface area contributed by atoms with Crippen LogP contribution in [-0.4, -0.2) is 57.7 Å². The molecule has 8 nitrogen and oxygen atoms in total. The molecule has 9 heteroatoms. The van der Waals surface area contributed by atoms with Gasteiger partial charge < -0.3 is 14.8 Å². The minimum absolute atomic E-state index is 0.207. The highest BCUT2D eigenvalue weighted by Crippen LogP contribution is 2.34. The molecular formula is C23H26N4O4S. The number of fused-ring (bicyclic) bond motifs is 1. The van der Waals surface area contributed by atoms with Gasteiger partial charge in [-0.05, 0) is 19.1 Å². The zero-order chi connectivity index (χ0) is 22.7. The Hall–Kier alpha value is -2.93. The van der Waals surface area contributed by atoms with Crippen LogP contribution in [0.2, 0.25) is 0 Å². The maximum atomic E-state index is 13.0. The third-order valence-corrected chi connectivity index (χ3v) is 7.54. The second-order valence-electron chi connectivity index (χ2n) is 7.61. The van der Waals surface area contributed by atoms with Crippen LogP contribution < -0.4 is 10.1 Å². The Morgan fingerprint density at radius 1 is 1.28 bits per heavy atom. The van der Waals surface area contributed by atoms with Gasteiger partial charge in [0.1, 0.15) is 5.75 Å². The van der Waals surface area contributed by atoms with E-state index in [4.69, 9.17) is 14.5 Å². The number of aromatic nitrogens is 1. The zero-order valence-electron chi connectivity index (χ0n) is 18.2. The number of nitriles is 1. The molecule has 32 heavy (non-hydrogen) atoms. The maximum absolute atomic E-state index is 13.0. The normalized spacial score (nSPS) is 16.2. The Labute approximate surface area is 188 Å². The first-order valence-corrected chi connectivity index (χ1v) is 12.0. The predicted octanol–water partition coefficient (Wildman–Crippen LogP) is 2.60. The monoisotopic (exact) mass is 454 g/mol. The van der Waals surface area contributed by atoms with E-state index >= 15 is 0 Å². The lowest BCUT2D eigenvalue weighted by Gasteiger charge is -2.26. The van der Waals surface area contributed by atoms with Gasteiger partial charge in [0, 0.05) is 61.1 Å². The average molecular weight is 455 g/mol. The number of hydrogen-bond acceptors (Lipinski definition) is 7. The largest absolute Gasteiger partial charge is 0.496 e. The van der Waals surface area contributed by atoms with Crippen molar-refractivity contribution in [2.24, 2.45) is 0 Å². The number of rotatable bonds is 7. The summed E-state index contributed by atoms with van der Waals surface area (Å²) >= 11 is 0. The smallest absolute Gasteiger partial charge is 0.243 e. The minimum Gasteiger partial charge on any atom is -0.496 e. The molecule has 0 atom stereocenters. The summed E-state index contributed by atoms with van der Waals surface area (Å²) in [6.45, 7) is 4.22. The van der Waals surface area contributed by atoms with Crippen LogP contribution >= 0.6 is 0 Å². The lowest BCUT2D eigenvalue weighted by molar-refractivity contribution is 0.0730. The van der Waals surface area contributed by atoms with Crippen LogP contribution in [0.1, 0.15) is 29.4 Å². The van der Waals surface area contributed by atoms with Crippen LogP contribution in [0.5, 0.6) is 5.75 Å². The highest BCUT2D eigenvalue weighted by molar-refractivity contribution is 7.89. The molecule has 2 aliphatic rings. The van der Waals surface area contributed by atoms with E-state index in [2.05, 4.69) is 11.4 Å². The number of methoxy groups -OCH3 is 1. The van der Waals surface area contributed by atoms with E-state index in [0.29, 0.717) is 50.5 Å². The van der Waals surface area contributed by atoms with Gasteiger partial charge in [0.05, 0.1) is 42.6 Å². The van der Waals surface area contributed by atoms with Gasteiger partial charge in [-0.2, -0.15) is 9.57 Å². The number of pyridine rings is 1. The van der Waals surface area contributed by atoms with Crippen molar-refractivity contribution in [1.82, 2.24) is 9.29 Å². The first-order valence-electron chi connectivity index (χ1n) is 10.6. The van der Waals surface area contributed by atoms with Gasteiger partial charge in [-0.15, -0.1) is 0 Å². The Morgan fingerprint density at radius 3 is 2.75 bits per heavy atom. The van der Waals surface area contributed by atoms with Crippen molar-refractivity contribution >= 4 is 21.3 Å². The standard InChI is InChI=1S/C23H26N4O4S/c1-3-25-21-13-18(26-20-7-5-17(15-24)23(20)21)12-16-4-6-19(14-22(16)30-2)32(28,29)27-8-10-31-11-9-27/h4-6,13-14H,3,7-12H2,1-2H3,(H,25,26). The van der Waals surface area contributed by atoms with Crippen molar-refractivity contribution in [2.45, 2.75) is 24.7 Å².